The minimum atomic E-state index is -0.0102. The Kier molecular flexibility index (Phi) is 4.42. The molecule has 1 aliphatic rings. The van der Waals surface area contributed by atoms with Crippen molar-refractivity contribution in [3.05, 3.63) is 71.9 Å². The fourth-order valence-electron chi connectivity index (χ4n) is 4.25. The predicted molar refractivity (Wildman–Crippen MR) is 118 cm³/mol. The van der Waals surface area contributed by atoms with E-state index in [1.807, 2.05) is 58.4 Å². The van der Waals surface area contributed by atoms with Crippen molar-refractivity contribution in [1.82, 2.24) is 19.2 Å². The second-order valence-electron chi connectivity index (χ2n) is 8.10. The Balaban J connectivity index is 1.60. The first-order chi connectivity index (χ1) is 14.6. The predicted octanol–water partition coefficient (Wildman–Crippen LogP) is 4.68. The fourth-order valence-corrected chi connectivity index (χ4v) is 4.25. The molecule has 3 aromatic heterocycles. The molecule has 0 N–H and O–H groups in total. The van der Waals surface area contributed by atoms with Crippen molar-refractivity contribution >= 4 is 17.2 Å². The van der Waals surface area contributed by atoms with Gasteiger partial charge in [-0.15, -0.1) is 0 Å². The zero-order chi connectivity index (χ0) is 20.8. The smallest absolute Gasteiger partial charge is 0.277 e. The summed E-state index contributed by atoms with van der Waals surface area (Å²) >= 11 is 0. The van der Waals surface area contributed by atoms with Gasteiger partial charge in [0.1, 0.15) is 11.3 Å². The SMILES string of the molecule is CCCc1cnc2ccc(-c3cnn4c3C(=O)N(c3ccc(C)cc3)C[C@@H]4C)cn12. The van der Waals surface area contributed by atoms with E-state index in [0.717, 1.165) is 35.3 Å². The van der Waals surface area contributed by atoms with Gasteiger partial charge in [0.15, 0.2) is 0 Å². The molecule has 1 aliphatic heterocycles. The van der Waals surface area contributed by atoms with E-state index in [4.69, 9.17) is 0 Å². The Morgan fingerprint density at radius 1 is 1.10 bits per heavy atom. The molecule has 0 saturated carbocycles. The summed E-state index contributed by atoms with van der Waals surface area (Å²) in [5.41, 5.74) is 6.68. The van der Waals surface area contributed by atoms with Crippen molar-refractivity contribution in [3.63, 3.8) is 0 Å². The average molecular weight is 399 g/mol. The second-order valence-corrected chi connectivity index (χ2v) is 8.10. The van der Waals surface area contributed by atoms with E-state index in [9.17, 15) is 4.79 Å². The van der Waals surface area contributed by atoms with Crippen LogP contribution >= 0.6 is 0 Å². The van der Waals surface area contributed by atoms with E-state index in [2.05, 4.69) is 41.5 Å². The lowest BCUT2D eigenvalue weighted by Gasteiger charge is -2.32. The summed E-state index contributed by atoms with van der Waals surface area (Å²) in [5.74, 6) is -0.0102. The monoisotopic (exact) mass is 399 g/mol. The zero-order valence-electron chi connectivity index (χ0n) is 17.5. The number of imidazole rings is 1. The molecule has 0 radical (unpaired) electrons. The standard InChI is InChI=1S/C24H25N5O/c1-4-5-20-12-25-22-11-8-18(15-27(20)22)21-13-26-29-17(3)14-28(24(30)23(21)29)19-9-6-16(2)7-10-19/h6-13,15,17H,4-5,14H2,1-3H3/t17-/m0/s1. The van der Waals surface area contributed by atoms with Crippen LogP contribution in [0.3, 0.4) is 0 Å². The van der Waals surface area contributed by atoms with Crippen molar-refractivity contribution in [2.45, 2.75) is 39.7 Å². The molecule has 4 heterocycles. The quantitative estimate of drug-likeness (QED) is 0.501. The van der Waals surface area contributed by atoms with Gasteiger partial charge in [0.05, 0.1) is 12.2 Å². The summed E-state index contributed by atoms with van der Waals surface area (Å²) < 4.78 is 3.99. The van der Waals surface area contributed by atoms with Gasteiger partial charge in [0.25, 0.3) is 5.91 Å². The molecule has 0 unspecified atom stereocenters. The maximum Gasteiger partial charge on any atom is 0.277 e. The highest BCUT2D eigenvalue weighted by atomic mass is 16.2. The van der Waals surface area contributed by atoms with E-state index < -0.39 is 0 Å². The molecule has 30 heavy (non-hydrogen) atoms. The lowest BCUT2D eigenvalue weighted by atomic mass is 10.0. The number of rotatable bonds is 4. The van der Waals surface area contributed by atoms with E-state index in [1.165, 1.54) is 11.3 Å². The number of aromatic nitrogens is 4. The molecule has 1 amide bonds. The number of carbonyl (C=O) groups is 1. The van der Waals surface area contributed by atoms with Crippen LogP contribution in [0.1, 0.15) is 48.1 Å². The fraction of sp³-hybridized carbons (Fsp3) is 0.292. The summed E-state index contributed by atoms with van der Waals surface area (Å²) in [6, 6.07) is 12.2. The van der Waals surface area contributed by atoms with Crippen LogP contribution in [-0.2, 0) is 6.42 Å². The normalized spacial score (nSPS) is 16.3. The third kappa shape index (κ3) is 2.91. The summed E-state index contributed by atoms with van der Waals surface area (Å²) in [7, 11) is 0. The minimum Gasteiger partial charge on any atom is -0.305 e. The van der Waals surface area contributed by atoms with Gasteiger partial charge in [0, 0.05) is 41.4 Å². The Morgan fingerprint density at radius 3 is 2.67 bits per heavy atom. The number of amides is 1. The third-order valence-corrected chi connectivity index (χ3v) is 5.85. The van der Waals surface area contributed by atoms with Gasteiger partial charge in [-0.2, -0.15) is 5.10 Å². The lowest BCUT2D eigenvalue weighted by Crippen LogP contribution is -2.42. The number of hydrogen-bond donors (Lipinski definition) is 0. The van der Waals surface area contributed by atoms with Gasteiger partial charge in [-0.3, -0.25) is 9.48 Å². The molecule has 152 valence electrons. The van der Waals surface area contributed by atoms with Crippen molar-refractivity contribution in [1.29, 1.82) is 0 Å². The Bertz CT molecular complexity index is 1230. The number of nitrogens with zero attached hydrogens (tertiary/aromatic N) is 5. The molecule has 0 fully saturated rings. The number of carbonyl (C=O) groups excluding carboxylic acids is 1. The summed E-state index contributed by atoms with van der Waals surface area (Å²) in [6.07, 6.45) is 7.85. The van der Waals surface area contributed by atoms with Crippen LogP contribution in [0.2, 0.25) is 0 Å². The molecule has 0 spiro atoms. The maximum atomic E-state index is 13.5. The number of fused-ring (bicyclic) bond motifs is 2. The lowest BCUT2D eigenvalue weighted by molar-refractivity contribution is 0.0954. The molecule has 0 aliphatic carbocycles. The largest absolute Gasteiger partial charge is 0.305 e. The molecule has 5 rings (SSSR count). The first kappa shape index (κ1) is 18.6. The van der Waals surface area contributed by atoms with Gasteiger partial charge < -0.3 is 9.30 Å². The molecule has 1 atom stereocenters. The number of aryl methyl sites for hydroxylation is 2. The van der Waals surface area contributed by atoms with Crippen molar-refractivity contribution < 1.29 is 4.79 Å². The van der Waals surface area contributed by atoms with Crippen LogP contribution in [0, 0.1) is 6.92 Å². The van der Waals surface area contributed by atoms with E-state index >= 15 is 0 Å². The topological polar surface area (TPSA) is 55.4 Å². The van der Waals surface area contributed by atoms with Crippen LogP contribution in [0.15, 0.2) is 55.0 Å². The molecule has 4 aromatic rings. The van der Waals surface area contributed by atoms with Gasteiger partial charge in [0.2, 0.25) is 0 Å². The van der Waals surface area contributed by atoms with Crippen molar-refractivity contribution in [3.8, 4) is 11.1 Å². The summed E-state index contributed by atoms with van der Waals surface area (Å²) in [4.78, 5) is 19.9. The summed E-state index contributed by atoms with van der Waals surface area (Å²) in [5, 5.41) is 4.58. The number of hydrogen-bond acceptors (Lipinski definition) is 3. The average Bonchev–Trinajstić information content (AvgIpc) is 3.37. The van der Waals surface area contributed by atoms with E-state index in [1.54, 1.807) is 0 Å². The van der Waals surface area contributed by atoms with Gasteiger partial charge >= 0.3 is 0 Å². The minimum absolute atomic E-state index is 0.0102. The number of benzene rings is 1. The van der Waals surface area contributed by atoms with Crippen LogP contribution in [0.4, 0.5) is 5.69 Å². The highest BCUT2D eigenvalue weighted by Crippen LogP contribution is 2.33. The van der Waals surface area contributed by atoms with Crippen LogP contribution in [0.5, 0.6) is 0 Å². The van der Waals surface area contributed by atoms with E-state index in [0.29, 0.717) is 12.2 Å². The number of anilines is 1. The van der Waals surface area contributed by atoms with Crippen molar-refractivity contribution in [2.24, 2.45) is 0 Å². The summed E-state index contributed by atoms with van der Waals surface area (Å²) in [6.45, 7) is 6.93. The zero-order valence-corrected chi connectivity index (χ0v) is 17.5. The van der Waals surface area contributed by atoms with Crippen LogP contribution in [-0.4, -0.2) is 31.6 Å². The molecule has 6 nitrogen and oxygen atoms in total. The Morgan fingerprint density at radius 2 is 1.90 bits per heavy atom. The third-order valence-electron chi connectivity index (χ3n) is 5.85. The molecule has 1 aromatic carbocycles. The highest BCUT2D eigenvalue weighted by molar-refractivity contribution is 6.09. The Labute approximate surface area is 175 Å². The van der Waals surface area contributed by atoms with Gasteiger partial charge in [-0.05, 0) is 44.5 Å². The molecule has 0 saturated heterocycles. The first-order valence-corrected chi connectivity index (χ1v) is 10.5. The molecule has 0 bridgehead atoms. The van der Waals surface area contributed by atoms with Crippen LogP contribution < -0.4 is 4.90 Å². The highest BCUT2D eigenvalue weighted by Gasteiger charge is 2.33. The maximum absolute atomic E-state index is 13.5. The van der Waals surface area contributed by atoms with E-state index in [-0.39, 0.29) is 11.9 Å². The first-order valence-electron chi connectivity index (χ1n) is 10.5. The number of pyridine rings is 1. The second kappa shape index (κ2) is 7.13. The van der Waals surface area contributed by atoms with Gasteiger partial charge in [-0.25, -0.2) is 4.98 Å². The van der Waals surface area contributed by atoms with Crippen LogP contribution in [0.25, 0.3) is 16.8 Å². The van der Waals surface area contributed by atoms with Crippen molar-refractivity contribution in [2.75, 3.05) is 11.4 Å². The molecular weight excluding hydrogens is 374 g/mol. The molecule has 6 heteroatoms. The van der Waals surface area contributed by atoms with Gasteiger partial charge in [-0.1, -0.05) is 31.0 Å². The molecular formula is C24H25N5O. The Hall–Kier alpha value is -3.41.